The Morgan fingerprint density at radius 3 is 2.57 bits per heavy atom. The molecule has 1 aromatic rings. The van der Waals surface area contributed by atoms with Gasteiger partial charge < -0.3 is 15.5 Å². The van der Waals surface area contributed by atoms with Gasteiger partial charge in [-0.3, -0.25) is 4.99 Å². The number of guanidine groups is 1. The molecule has 23 heavy (non-hydrogen) atoms. The van der Waals surface area contributed by atoms with E-state index >= 15 is 0 Å². The van der Waals surface area contributed by atoms with Crippen LogP contribution in [0.1, 0.15) is 37.1 Å². The molecule has 134 valence electrons. The quantitative estimate of drug-likeness (QED) is 0.248. The van der Waals surface area contributed by atoms with Gasteiger partial charge in [-0.25, -0.2) is 4.98 Å². The zero-order valence-electron chi connectivity index (χ0n) is 14.9. The minimum atomic E-state index is 0. The van der Waals surface area contributed by atoms with Gasteiger partial charge in [0.25, 0.3) is 0 Å². The summed E-state index contributed by atoms with van der Waals surface area (Å²) >= 11 is 1.77. The first-order valence-corrected chi connectivity index (χ1v) is 9.17. The highest BCUT2D eigenvalue weighted by atomic mass is 127. The van der Waals surface area contributed by atoms with Crippen molar-refractivity contribution in [3.05, 3.63) is 16.1 Å². The number of nitrogens with one attached hydrogen (secondary N) is 2. The molecule has 0 spiro atoms. The molecule has 1 rings (SSSR count). The Morgan fingerprint density at radius 2 is 2.00 bits per heavy atom. The average Bonchev–Trinajstić information content (AvgIpc) is 2.93. The van der Waals surface area contributed by atoms with Crippen LogP contribution in [0.5, 0.6) is 0 Å². The van der Waals surface area contributed by atoms with E-state index in [9.17, 15) is 0 Å². The molecule has 1 aromatic heterocycles. The highest BCUT2D eigenvalue weighted by molar-refractivity contribution is 14.0. The Balaban J connectivity index is 0.00000484. The van der Waals surface area contributed by atoms with Crippen molar-refractivity contribution >= 4 is 41.3 Å². The number of aromatic nitrogens is 1. The van der Waals surface area contributed by atoms with Crippen LogP contribution in [0.3, 0.4) is 0 Å². The van der Waals surface area contributed by atoms with Gasteiger partial charge in [-0.1, -0.05) is 13.8 Å². The lowest BCUT2D eigenvalue weighted by Crippen LogP contribution is -2.38. The summed E-state index contributed by atoms with van der Waals surface area (Å²) in [5.41, 5.74) is 0. The maximum absolute atomic E-state index is 4.64. The van der Waals surface area contributed by atoms with Crippen molar-refractivity contribution in [2.45, 2.75) is 40.5 Å². The van der Waals surface area contributed by atoms with Crippen LogP contribution in [0.4, 0.5) is 0 Å². The zero-order valence-corrected chi connectivity index (χ0v) is 18.0. The van der Waals surface area contributed by atoms with E-state index in [1.54, 1.807) is 11.3 Å². The second-order valence-corrected chi connectivity index (χ2v) is 6.50. The van der Waals surface area contributed by atoms with Crippen molar-refractivity contribution in [2.75, 3.05) is 39.3 Å². The van der Waals surface area contributed by atoms with Gasteiger partial charge in [-0.05, 0) is 39.9 Å². The average molecular weight is 453 g/mol. The molecule has 1 heterocycles. The Hall–Kier alpha value is -0.410. The molecule has 0 aliphatic heterocycles. The van der Waals surface area contributed by atoms with Crippen molar-refractivity contribution in [3.8, 4) is 0 Å². The molecule has 0 aliphatic carbocycles. The summed E-state index contributed by atoms with van der Waals surface area (Å²) in [5.74, 6) is 0.912. The van der Waals surface area contributed by atoms with Crippen LogP contribution in [-0.2, 0) is 6.42 Å². The number of hydrogen-bond donors (Lipinski definition) is 2. The number of aryl methyl sites for hydroxylation is 1. The summed E-state index contributed by atoms with van der Waals surface area (Å²) in [6.45, 7) is 14.6. The fraction of sp³-hybridized carbons (Fsp3) is 0.750. The Labute approximate surface area is 162 Å². The summed E-state index contributed by atoms with van der Waals surface area (Å²) in [5, 5.41) is 7.87. The van der Waals surface area contributed by atoms with Gasteiger partial charge >= 0.3 is 0 Å². The summed E-state index contributed by atoms with van der Waals surface area (Å²) in [4.78, 5) is 12.7. The Kier molecular flexibility index (Phi) is 13.7. The van der Waals surface area contributed by atoms with Crippen LogP contribution < -0.4 is 10.6 Å². The number of rotatable bonds is 10. The molecule has 7 heteroatoms. The van der Waals surface area contributed by atoms with E-state index in [1.165, 1.54) is 9.88 Å². The molecule has 2 N–H and O–H groups in total. The first-order chi connectivity index (χ1) is 10.7. The molecule has 0 unspecified atom stereocenters. The third kappa shape index (κ3) is 10.1. The number of aliphatic imine (C=N–C) groups is 1. The lowest BCUT2D eigenvalue weighted by molar-refractivity contribution is 0.302. The monoisotopic (exact) mass is 453 g/mol. The number of thiazole rings is 1. The largest absolute Gasteiger partial charge is 0.357 e. The fourth-order valence-electron chi connectivity index (χ4n) is 2.17. The number of nitrogens with zero attached hydrogens (tertiary/aromatic N) is 3. The summed E-state index contributed by atoms with van der Waals surface area (Å²) < 4.78 is 0. The van der Waals surface area contributed by atoms with E-state index in [0.717, 1.165) is 58.1 Å². The first kappa shape index (κ1) is 22.6. The lowest BCUT2D eigenvalue weighted by Gasteiger charge is -2.17. The van der Waals surface area contributed by atoms with Crippen LogP contribution >= 0.6 is 35.3 Å². The second-order valence-electron chi connectivity index (χ2n) is 5.18. The molecule has 0 saturated heterocycles. The predicted octanol–water partition coefficient (Wildman–Crippen LogP) is 2.90. The van der Waals surface area contributed by atoms with Crippen molar-refractivity contribution in [2.24, 2.45) is 4.99 Å². The normalized spacial score (nSPS) is 11.4. The molecule has 0 bridgehead atoms. The van der Waals surface area contributed by atoms with Gasteiger partial charge in [0.2, 0.25) is 0 Å². The molecule has 0 fully saturated rings. The van der Waals surface area contributed by atoms with Crippen LogP contribution in [0, 0.1) is 6.92 Å². The maximum atomic E-state index is 4.64. The van der Waals surface area contributed by atoms with Crippen LogP contribution in [0.15, 0.2) is 11.2 Å². The Morgan fingerprint density at radius 1 is 1.26 bits per heavy atom. The van der Waals surface area contributed by atoms with Crippen LogP contribution in [0.2, 0.25) is 0 Å². The van der Waals surface area contributed by atoms with Gasteiger partial charge in [0.05, 0.1) is 5.01 Å². The zero-order chi connectivity index (χ0) is 16.2. The highest BCUT2D eigenvalue weighted by Gasteiger charge is 2.01. The predicted molar refractivity (Wildman–Crippen MR) is 112 cm³/mol. The van der Waals surface area contributed by atoms with Crippen molar-refractivity contribution in [1.82, 2.24) is 20.5 Å². The van der Waals surface area contributed by atoms with Crippen LogP contribution in [-0.4, -0.2) is 55.1 Å². The van der Waals surface area contributed by atoms with E-state index in [4.69, 9.17) is 0 Å². The fourth-order valence-corrected chi connectivity index (χ4v) is 2.96. The van der Waals surface area contributed by atoms with Gasteiger partial charge in [0, 0.05) is 37.1 Å². The van der Waals surface area contributed by atoms with Crippen molar-refractivity contribution < 1.29 is 0 Å². The molecular formula is C16H32IN5S. The molecule has 0 saturated carbocycles. The maximum Gasteiger partial charge on any atom is 0.191 e. The van der Waals surface area contributed by atoms with E-state index in [-0.39, 0.29) is 24.0 Å². The minimum Gasteiger partial charge on any atom is -0.357 e. The summed E-state index contributed by atoms with van der Waals surface area (Å²) in [6.07, 6.45) is 3.98. The molecule has 5 nitrogen and oxygen atoms in total. The number of hydrogen-bond acceptors (Lipinski definition) is 4. The topological polar surface area (TPSA) is 52.6 Å². The van der Waals surface area contributed by atoms with E-state index in [0.29, 0.717) is 0 Å². The SMILES string of the molecule is CCNC(=NCCCN(CC)CC)NCCc1ncc(C)s1.I. The van der Waals surface area contributed by atoms with Gasteiger partial charge in [-0.15, -0.1) is 35.3 Å². The molecular weight excluding hydrogens is 421 g/mol. The second kappa shape index (κ2) is 14.0. The number of halogens is 1. The standard InChI is InChI=1S/C16H31N5S.HI/c1-5-17-16(18-10-8-12-21(6-2)7-3)19-11-9-15-20-13-14(4)22-15;/h13H,5-12H2,1-4H3,(H2,17,18,19);1H. The van der Waals surface area contributed by atoms with Crippen molar-refractivity contribution in [1.29, 1.82) is 0 Å². The van der Waals surface area contributed by atoms with Crippen molar-refractivity contribution in [3.63, 3.8) is 0 Å². The molecule has 0 amide bonds. The summed E-state index contributed by atoms with van der Waals surface area (Å²) in [6, 6.07) is 0. The Bertz CT molecular complexity index is 432. The molecule has 0 atom stereocenters. The molecule has 0 radical (unpaired) electrons. The van der Waals surface area contributed by atoms with Gasteiger partial charge in [-0.2, -0.15) is 0 Å². The molecule has 0 aliphatic rings. The van der Waals surface area contributed by atoms with Gasteiger partial charge in [0.15, 0.2) is 5.96 Å². The lowest BCUT2D eigenvalue weighted by atomic mass is 10.4. The van der Waals surface area contributed by atoms with E-state index in [1.807, 2.05) is 6.20 Å². The minimum absolute atomic E-state index is 0. The third-order valence-corrected chi connectivity index (χ3v) is 4.41. The molecule has 0 aromatic carbocycles. The summed E-state index contributed by atoms with van der Waals surface area (Å²) in [7, 11) is 0. The van der Waals surface area contributed by atoms with Crippen LogP contribution in [0.25, 0.3) is 0 Å². The highest BCUT2D eigenvalue weighted by Crippen LogP contribution is 2.10. The van der Waals surface area contributed by atoms with E-state index < -0.39 is 0 Å². The van der Waals surface area contributed by atoms with Gasteiger partial charge in [0.1, 0.15) is 0 Å². The third-order valence-electron chi connectivity index (χ3n) is 3.44. The van der Waals surface area contributed by atoms with E-state index in [2.05, 4.69) is 53.2 Å². The smallest absolute Gasteiger partial charge is 0.191 e. The first-order valence-electron chi connectivity index (χ1n) is 8.35.